The van der Waals surface area contributed by atoms with Crippen LogP contribution in [0.3, 0.4) is 0 Å². The first kappa shape index (κ1) is 17.7. The molecule has 3 heterocycles. The van der Waals surface area contributed by atoms with Crippen LogP contribution in [0, 0.1) is 0 Å². The van der Waals surface area contributed by atoms with Gasteiger partial charge in [0.15, 0.2) is 9.84 Å². The lowest BCUT2D eigenvalue weighted by atomic mass is 10.2. The Morgan fingerprint density at radius 2 is 2.24 bits per heavy atom. The molecule has 2 aliphatic heterocycles. The number of hydrogen-bond acceptors (Lipinski definition) is 7. The normalized spacial score (nSPS) is 24.3. The highest BCUT2D eigenvalue weighted by molar-refractivity contribution is 8.18. The fourth-order valence-corrected chi connectivity index (χ4v) is 5.26. The number of imide groups is 1. The minimum atomic E-state index is -3.13. The Bertz CT molecular complexity index is 843. The molecule has 2 aliphatic rings. The number of furan rings is 1. The second kappa shape index (κ2) is 6.68. The van der Waals surface area contributed by atoms with E-state index in [4.69, 9.17) is 4.42 Å². The van der Waals surface area contributed by atoms with Crippen molar-refractivity contribution in [1.29, 1.82) is 0 Å². The molecular weight excluding hydrogens is 368 g/mol. The molecule has 0 N–H and O–H groups in total. The lowest BCUT2D eigenvalue weighted by Gasteiger charge is -2.25. The average molecular weight is 384 g/mol. The molecule has 8 nitrogen and oxygen atoms in total. The SMILES string of the molecule is CN(C(=O)CN1C(=O)S/C(=C/c2ccco2)C1=O)[C@@H]1CCS(=O)(=O)C1. The van der Waals surface area contributed by atoms with Gasteiger partial charge in [-0.3, -0.25) is 19.3 Å². The summed E-state index contributed by atoms with van der Waals surface area (Å²) in [6.07, 6.45) is 3.26. The van der Waals surface area contributed by atoms with Crippen molar-refractivity contribution in [1.82, 2.24) is 9.80 Å². The van der Waals surface area contributed by atoms with E-state index in [1.54, 1.807) is 12.1 Å². The lowest BCUT2D eigenvalue weighted by Crippen LogP contribution is -2.45. The van der Waals surface area contributed by atoms with Gasteiger partial charge >= 0.3 is 0 Å². The van der Waals surface area contributed by atoms with Crippen molar-refractivity contribution in [3.63, 3.8) is 0 Å². The maximum absolute atomic E-state index is 12.3. The number of amides is 3. The lowest BCUT2D eigenvalue weighted by molar-refractivity contribution is -0.136. The van der Waals surface area contributed by atoms with Crippen molar-refractivity contribution < 1.29 is 27.2 Å². The molecule has 0 aliphatic carbocycles. The van der Waals surface area contributed by atoms with Gasteiger partial charge in [0.05, 0.1) is 22.7 Å². The molecule has 1 atom stereocenters. The Hall–Kier alpha value is -2.07. The highest BCUT2D eigenvalue weighted by Crippen LogP contribution is 2.32. The zero-order chi connectivity index (χ0) is 18.2. The molecule has 0 bridgehead atoms. The Balaban J connectivity index is 1.67. The second-order valence-corrected chi connectivity index (χ2v) is 9.07. The van der Waals surface area contributed by atoms with Gasteiger partial charge in [-0.15, -0.1) is 0 Å². The molecule has 1 aromatic heterocycles. The molecule has 25 heavy (non-hydrogen) atoms. The van der Waals surface area contributed by atoms with Gasteiger partial charge in [-0.05, 0) is 30.3 Å². The minimum absolute atomic E-state index is 0.0444. The van der Waals surface area contributed by atoms with E-state index in [1.807, 2.05) is 0 Å². The first-order chi connectivity index (χ1) is 11.8. The molecule has 1 aromatic rings. The van der Waals surface area contributed by atoms with E-state index in [0.717, 1.165) is 16.7 Å². The van der Waals surface area contributed by atoms with Gasteiger partial charge in [0.2, 0.25) is 5.91 Å². The fourth-order valence-electron chi connectivity index (χ4n) is 2.67. The Kier molecular flexibility index (Phi) is 4.74. The van der Waals surface area contributed by atoms with Crippen molar-refractivity contribution in [3.8, 4) is 0 Å². The number of rotatable bonds is 4. The molecule has 3 amide bonds. The summed E-state index contributed by atoms with van der Waals surface area (Å²) in [6, 6.07) is 2.88. The van der Waals surface area contributed by atoms with Gasteiger partial charge in [0.1, 0.15) is 12.3 Å². The summed E-state index contributed by atoms with van der Waals surface area (Å²) in [5.41, 5.74) is 0. The van der Waals surface area contributed by atoms with Crippen LogP contribution < -0.4 is 0 Å². The quantitative estimate of drug-likeness (QED) is 0.712. The summed E-state index contributed by atoms with van der Waals surface area (Å²) in [4.78, 5) is 39.1. The standard InChI is InChI=1S/C15H16N2O6S2/c1-16(10-4-6-25(21,22)9-10)13(18)8-17-14(19)12(24-15(17)20)7-11-3-2-5-23-11/h2-3,5,7,10H,4,6,8-9H2,1H3/b12-7+/t10-/m1/s1. The van der Waals surface area contributed by atoms with Crippen LogP contribution in [0.5, 0.6) is 0 Å². The summed E-state index contributed by atoms with van der Waals surface area (Å²) in [5, 5.41) is -0.538. The topological polar surface area (TPSA) is 105 Å². The molecular formula is C15H16N2O6S2. The zero-order valence-corrected chi connectivity index (χ0v) is 15.0. The van der Waals surface area contributed by atoms with Crippen molar-refractivity contribution >= 4 is 44.7 Å². The molecule has 3 rings (SSSR count). The Morgan fingerprint density at radius 3 is 2.84 bits per heavy atom. The van der Waals surface area contributed by atoms with Gasteiger partial charge in [0.25, 0.3) is 11.1 Å². The van der Waals surface area contributed by atoms with Gasteiger partial charge in [-0.2, -0.15) is 0 Å². The van der Waals surface area contributed by atoms with E-state index < -0.39 is 39.5 Å². The summed E-state index contributed by atoms with van der Waals surface area (Å²) in [5.74, 6) is -0.640. The number of hydrogen-bond donors (Lipinski definition) is 0. The number of nitrogens with zero attached hydrogens (tertiary/aromatic N) is 2. The zero-order valence-electron chi connectivity index (χ0n) is 13.4. The Morgan fingerprint density at radius 1 is 1.48 bits per heavy atom. The van der Waals surface area contributed by atoms with E-state index >= 15 is 0 Å². The summed E-state index contributed by atoms with van der Waals surface area (Å²) >= 11 is 0.738. The third-order valence-electron chi connectivity index (χ3n) is 4.13. The highest BCUT2D eigenvalue weighted by atomic mass is 32.2. The van der Waals surface area contributed by atoms with Crippen LogP contribution in [0.2, 0.25) is 0 Å². The fraction of sp³-hybridized carbons (Fsp3) is 0.400. The van der Waals surface area contributed by atoms with E-state index in [9.17, 15) is 22.8 Å². The van der Waals surface area contributed by atoms with Crippen LogP contribution in [-0.4, -0.2) is 66.4 Å². The monoisotopic (exact) mass is 384 g/mol. The molecule has 0 unspecified atom stereocenters. The first-order valence-electron chi connectivity index (χ1n) is 7.52. The number of sulfone groups is 1. The van der Waals surface area contributed by atoms with Crippen LogP contribution in [-0.2, 0) is 19.4 Å². The molecule has 0 spiro atoms. The largest absolute Gasteiger partial charge is 0.465 e. The molecule has 10 heteroatoms. The van der Waals surface area contributed by atoms with Crippen LogP contribution >= 0.6 is 11.8 Å². The molecule has 2 fully saturated rings. The number of carbonyl (C=O) groups is 3. The smallest absolute Gasteiger partial charge is 0.294 e. The molecule has 0 aromatic carbocycles. The number of carbonyl (C=O) groups excluding carboxylic acids is 3. The average Bonchev–Trinajstić information content (AvgIpc) is 3.24. The van der Waals surface area contributed by atoms with Crippen molar-refractivity contribution in [3.05, 3.63) is 29.1 Å². The molecule has 134 valence electrons. The van der Waals surface area contributed by atoms with E-state index in [-0.39, 0.29) is 16.4 Å². The summed E-state index contributed by atoms with van der Waals surface area (Å²) in [6.45, 7) is -0.410. The van der Waals surface area contributed by atoms with E-state index in [1.165, 1.54) is 24.3 Å². The van der Waals surface area contributed by atoms with Crippen molar-refractivity contribution in [2.24, 2.45) is 0 Å². The van der Waals surface area contributed by atoms with E-state index in [2.05, 4.69) is 0 Å². The third kappa shape index (κ3) is 3.79. The predicted octanol–water partition coefficient (Wildman–Crippen LogP) is 0.961. The first-order valence-corrected chi connectivity index (χ1v) is 10.2. The van der Waals surface area contributed by atoms with Crippen LogP contribution in [0.25, 0.3) is 6.08 Å². The van der Waals surface area contributed by atoms with Gasteiger partial charge in [0, 0.05) is 19.2 Å². The molecule has 2 saturated heterocycles. The summed E-state index contributed by atoms with van der Waals surface area (Å²) < 4.78 is 28.2. The molecule has 0 radical (unpaired) electrons. The second-order valence-electron chi connectivity index (χ2n) is 5.84. The number of thioether (sulfide) groups is 1. The van der Waals surface area contributed by atoms with Crippen molar-refractivity contribution in [2.45, 2.75) is 12.5 Å². The van der Waals surface area contributed by atoms with Crippen LogP contribution in [0.15, 0.2) is 27.7 Å². The van der Waals surface area contributed by atoms with Gasteiger partial charge in [-0.25, -0.2) is 8.42 Å². The molecule has 0 saturated carbocycles. The highest BCUT2D eigenvalue weighted by Gasteiger charge is 2.39. The number of likely N-dealkylation sites (N-methyl/N-ethyl adjacent to an activating group) is 1. The maximum atomic E-state index is 12.3. The van der Waals surface area contributed by atoms with Gasteiger partial charge < -0.3 is 9.32 Å². The Labute approximate surface area is 148 Å². The van der Waals surface area contributed by atoms with Crippen LogP contribution in [0.4, 0.5) is 4.79 Å². The third-order valence-corrected chi connectivity index (χ3v) is 6.79. The van der Waals surface area contributed by atoms with Crippen LogP contribution in [0.1, 0.15) is 12.2 Å². The predicted molar refractivity (Wildman–Crippen MR) is 91.2 cm³/mol. The maximum Gasteiger partial charge on any atom is 0.294 e. The van der Waals surface area contributed by atoms with E-state index in [0.29, 0.717) is 12.2 Å². The summed E-state index contributed by atoms with van der Waals surface area (Å²) in [7, 11) is -1.63. The minimum Gasteiger partial charge on any atom is -0.465 e. The van der Waals surface area contributed by atoms with Gasteiger partial charge in [-0.1, -0.05) is 0 Å². The van der Waals surface area contributed by atoms with Crippen molar-refractivity contribution in [2.75, 3.05) is 25.1 Å².